The Kier molecular flexibility index (Phi) is 7.08. The smallest absolute Gasteiger partial charge is 0.156 e. The normalized spacial score (nSPS) is 20.0. The lowest BCUT2D eigenvalue weighted by atomic mass is 9.90. The van der Waals surface area contributed by atoms with E-state index in [9.17, 15) is 0 Å². The third kappa shape index (κ3) is 7.27. The van der Waals surface area contributed by atoms with E-state index in [-0.39, 0.29) is 0 Å². The SMILES string of the molecule is COCCCCCNC1=NCC(CC(C)(C)C)S1. The molecule has 1 N–H and O–H groups in total. The number of thioether (sulfide) groups is 1. The fourth-order valence-electron chi connectivity index (χ4n) is 2.05. The molecule has 3 nitrogen and oxygen atoms in total. The predicted molar refractivity (Wildman–Crippen MR) is 81.5 cm³/mol. The molecule has 4 heteroatoms. The number of rotatable bonds is 7. The Hall–Kier alpha value is -0.220. The summed E-state index contributed by atoms with van der Waals surface area (Å²) in [5, 5.41) is 5.26. The predicted octanol–water partition coefficient (Wildman–Crippen LogP) is 3.30. The first-order valence-electron chi connectivity index (χ1n) is 6.95. The summed E-state index contributed by atoms with van der Waals surface area (Å²) in [5.74, 6) is 0. The number of hydrogen-bond donors (Lipinski definition) is 1. The molecule has 0 bridgehead atoms. The Balaban J connectivity index is 2.04. The van der Waals surface area contributed by atoms with E-state index in [1.807, 2.05) is 11.8 Å². The van der Waals surface area contributed by atoms with Gasteiger partial charge < -0.3 is 10.1 Å². The highest BCUT2D eigenvalue weighted by Crippen LogP contribution is 2.31. The maximum absolute atomic E-state index is 5.03. The van der Waals surface area contributed by atoms with E-state index in [0.29, 0.717) is 10.7 Å². The molecule has 0 aromatic carbocycles. The van der Waals surface area contributed by atoms with Crippen LogP contribution >= 0.6 is 11.8 Å². The van der Waals surface area contributed by atoms with Gasteiger partial charge in [-0.25, -0.2) is 0 Å². The Morgan fingerprint density at radius 3 is 2.78 bits per heavy atom. The molecule has 1 rings (SSSR count). The minimum Gasteiger partial charge on any atom is -0.385 e. The Morgan fingerprint density at radius 2 is 2.11 bits per heavy atom. The van der Waals surface area contributed by atoms with Crippen LogP contribution in [0.2, 0.25) is 0 Å². The molecule has 0 amide bonds. The second kappa shape index (κ2) is 8.05. The number of nitrogens with one attached hydrogen (secondary N) is 1. The summed E-state index contributed by atoms with van der Waals surface area (Å²) in [6, 6.07) is 0. The minimum absolute atomic E-state index is 0.406. The quantitative estimate of drug-likeness (QED) is 0.722. The Morgan fingerprint density at radius 1 is 1.33 bits per heavy atom. The zero-order valence-corrected chi connectivity index (χ0v) is 13.1. The Labute approximate surface area is 116 Å². The van der Waals surface area contributed by atoms with Gasteiger partial charge in [0.2, 0.25) is 0 Å². The number of methoxy groups -OCH3 is 1. The van der Waals surface area contributed by atoms with Gasteiger partial charge in [0.15, 0.2) is 5.17 Å². The number of nitrogens with zero attached hydrogens (tertiary/aromatic N) is 1. The van der Waals surface area contributed by atoms with Crippen LogP contribution in [0.1, 0.15) is 46.5 Å². The molecular weight excluding hydrogens is 244 g/mol. The van der Waals surface area contributed by atoms with Crippen LogP contribution < -0.4 is 5.32 Å². The van der Waals surface area contributed by atoms with Crippen molar-refractivity contribution in [1.29, 1.82) is 0 Å². The zero-order chi connectivity index (χ0) is 13.4. The second-order valence-corrected chi connectivity index (χ2v) is 7.42. The summed E-state index contributed by atoms with van der Waals surface area (Å²) in [6.45, 7) is 9.80. The first-order chi connectivity index (χ1) is 8.51. The van der Waals surface area contributed by atoms with E-state index < -0.39 is 0 Å². The minimum atomic E-state index is 0.406. The molecule has 0 spiro atoms. The van der Waals surface area contributed by atoms with Crippen LogP contribution in [0.15, 0.2) is 4.99 Å². The van der Waals surface area contributed by atoms with E-state index in [1.54, 1.807) is 7.11 Å². The first-order valence-corrected chi connectivity index (χ1v) is 7.83. The molecule has 106 valence electrons. The van der Waals surface area contributed by atoms with E-state index >= 15 is 0 Å². The van der Waals surface area contributed by atoms with Gasteiger partial charge in [-0.15, -0.1) is 0 Å². The van der Waals surface area contributed by atoms with Crippen molar-refractivity contribution in [2.75, 3.05) is 26.8 Å². The van der Waals surface area contributed by atoms with Crippen LogP contribution in [-0.2, 0) is 4.74 Å². The average molecular weight is 272 g/mol. The van der Waals surface area contributed by atoms with Crippen molar-refractivity contribution in [3.8, 4) is 0 Å². The molecular formula is C14H28N2OS. The van der Waals surface area contributed by atoms with E-state index in [2.05, 4.69) is 31.1 Å². The lowest BCUT2D eigenvalue weighted by molar-refractivity contribution is 0.192. The summed E-state index contributed by atoms with van der Waals surface area (Å²) in [5.41, 5.74) is 0.406. The Bertz CT molecular complexity index is 261. The lowest BCUT2D eigenvalue weighted by Crippen LogP contribution is -2.21. The summed E-state index contributed by atoms with van der Waals surface area (Å²) in [4.78, 5) is 4.58. The van der Waals surface area contributed by atoms with Gasteiger partial charge in [-0.2, -0.15) is 0 Å². The molecule has 1 atom stereocenters. The molecule has 1 heterocycles. The van der Waals surface area contributed by atoms with Gasteiger partial charge in [-0.1, -0.05) is 32.5 Å². The molecule has 0 aliphatic carbocycles. The van der Waals surface area contributed by atoms with E-state index in [1.165, 1.54) is 19.3 Å². The van der Waals surface area contributed by atoms with Crippen LogP contribution in [0.3, 0.4) is 0 Å². The maximum Gasteiger partial charge on any atom is 0.156 e. The van der Waals surface area contributed by atoms with Gasteiger partial charge in [0, 0.05) is 25.5 Å². The van der Waals surface area contributed by atoms with Crippen LogP contribution in [0, 0.1) is 5.41 Å². The van der Waals surface area contributed by atoms with Gasteiger partial charge in [-0.3, -0.25) is 4.99 Å². The first kappa shape index (κ1) is 15.8. The van der Waals surface area contributed by atoms with Crippen LogP contribution in [-0.4, -0.2) is 37.2 Å². The summed E-state index contributed by atoms with van der Waals surface area (Å²) in [6.07, 6.45) is 4.82. The van der Waals surface area contributed by atoms with Crippen molar-refractivity contribution < 1.29 is 4.74 Å². The van der Waals surface area contributed by atoms with Crippen LogP contribution in [0.5, 0.6) is 0 Å². The van der Waals surface area contributed by atoms with Crippen molar-refractivity contribution in [2.45, 2.75) is 51.7 Å². The number of amidine groups is 1. The molecule has 0 aromatic heterocycles. The van der Waals surface area contributed by atoms with Crippen molar-refractivity contribution in [1.82, 2.24) is 5.32 Å². The third-order valence-corrected chi connectivity index (χ3v) is 4.00. The highest BCUT2D eigenvalue weighted by molar-refractivity contribution is 8.14. The highest BCUT2D eigenvalue weighted by atomic mass is 32.2. The number of aliphatic imine (C=N–C) groups is 1. The number of hydrogen-bond acceptors (Lipinski definition) is 4. The summed E-state index contributed by atoms with van der Waals surface area (Å²) in [7, 11) is 1.76. The van der Waals surface area contributed by atoms with Gasteiger partial charge in [-0.05, 0) is 31.1 Å². The zero-order valence-electron chi connectivity index (χ0n) is 12.3. The average Bonchev–Trinajstić information content (AvgIpc) is 2.68. The van der Waals surface area contributed by atoms with Gasteiger partial charge in [0.25, 0.3) is 0 Å². The largest absolute Gasteiger partial charge is 0.385 e. The van der Waals surface area contributed by atoms with Gasteiger partial charge in [0.1, 0.15) is 0 Å². The molecule has 0 saturated heterocycles. The van der Waals surface area contributed by atoms with Crippen molar-refractivity contribution in [3.63, 3.8) is 0 Å². The van der Waals surface area contributed by atoms with E-state index in [4.69, 9.17) is 4.74 Å². The molecule has 18 heavy (non-hydrogen) atoms. The fourth-order valence-corrected chi connectivity index (χ4v) is 3.43. The van der Waals surface area contributed by atoms with Gasteiger partial charge in [0.05, 0.1) is 6.54 Å². The topological polar surface area (TPSA) is 33.6 Å². The summed E-state index contributed by atoms with van der Waals surface area (Å²) < 4.78 is 5.03. The molecule has 0 saturated carbocycles. The van der Waals surface area contributed by atoms with Crippen molar-refractivity contribution in [3.05, 3.63) is 0 Å². The third-order valence-electron chi connectivity index (χ3n) is 2.86. The molecule has 0 radical (unpaired) electrons. The fraction of sp³-hybridized carbons (Fsp3) is 0.929. The second-order valence-electron chi connectivity index (χ2n) is 6.13. The van der Waals surface area contributed by atoms with Crippen LogP contribution in [0.4, 0.5) is 0 Å². The molecule has 1 aliphatic heterocycles. The van der Waals surface area contributed by atoms with Gasteiger partial charge >= 0.3 is 0 Å². The van der Waals surface area contributed by atoms with Crippen LogP contribution in [0.25, 0.3) is 0 Å². The standard InChI is InChI=1S/C14H28N2OS/c1-14(2,3)10-12-11-16-13(18-12)15-8-6-5-7-9-17-4/h12H,5-11H2,1-4H3,(H,15,16). The molecule has 1 aliphatic rings. The molecule has 0 fully saturated rings. The number of unbranched alkanes of at least 4 members (excludes halogenated alkanes) is 2. The maximum atomic E-state index is 5.03. The molecule has 0 aromatic rings. The van der Waals surface area contributed by atoms with Crippen molar-refractivity contribution >= 4 is 16.9 Å². The number of ether oxygens (including phenoxy) is 1. The van der Waals surface area contributed by atoms with E-state index in [0.717, 1.165) is 31.3 Å². The monoisotopic (exact) mass is 272 g/mol. The summed E-state index contributed by atoms with van der Waals surface area (Å²) >= 11 is 1.92. The molecule has 1 unspecified atom stereocenters. The lowest BCUT2D eigenvalue weighted by Gasteiger charge is -2.21. The van der Waals surface area contributed by atoms with Crippen molar-refractivity contribution in [2.24, 2.45) is 10.4 Å². The highest BCUT2D eigenvalue weighted by Gasteiger charge is 2.24.